The maximum Gasteiger partial charge on any atom is 0.459 e. The highest BCUT2D eigenvalue weighted by Crippen LogP contribution is 2.46. The van der Waals surface area contributed by atoms with E-state index in [4.69, 9.17) is 30.1 Å². The van der Waals surface area contributed by atoms with Crippen molar-refractivity contribution in [1.29, 1.82) is 0 Å². The molecule has 1 aromatic carbocycles. The van der Waals surface area contributed by atoms with Crippen LogP contribution in [0, 0.1) is 5.92 Å². The number of esters is 1. The third-order valence-corrected chi connectivity index (χ3v) is 8.89. The molecule has 0 saturated carbocycles. The lowest BCUT2D eigenvalue weighted by atomic mass is 9.97. The highest BCUT2D eigenvalue weighted by molar-refractivity contribution is 7.52. The Bertz CT molecular complexity index is 1300. The number of nitrogens with one attached hydrogen (secondary N) is 2. The molecule has 14 heteroatoms. The van der Waals surface area contributed by atoms with Gasteiger partial charge in [0.15, 0.2) is 0 Å². The van der Waals surface area contributed by atoms with Crippen molar-refractivity contribution in [2.45, 2.75) is 90.2 Å². The van der Waals surface area contributed by atoms with E-state index in [-0.39, 0.29) is 12.4 Å². The van der Waals surface area contributed by atoms with Gasteiger partial charge in [-0.05, 0) is 44.0 Å². The molecule has 1 fully saturated rings. The molecule has 2 heterocycles. The van der Waals surface area contributed by atoms with Crippen molar-refractivity contribution in [1.82, 2.24) is 14.6 Å². The quantitative estimate of drug-likeness (QED) is 0.129. The largest absolute Gasteiger partial charge is 0.465 e. The molecule has 6 unspecified atom stereocenters. The van der Waals surface area contributed by atoms with Crippen molar-refractivity contribution in [3.63, 3.8) is 0 Å². The van der Waals surface area contributed by atoms with Crippen LogP contribution in [-0.4, -0.2) is 52.1 Å². The number of H-pyrrole nitrogens is 1. The molecule has 0 spiro atoms. The van der Waals surface area contributed by atoms with Gasteiger partial charge in [-0.15, -0.1) is 0 Å². The summed E-state index contributed by atoms with van der Waals surface area (Å²) in [4.78, 5) is 38.7. The molecule has 3 N–H and O–H groups in total. The Labute approximate surface area is 250 Å². The first-order valence-electron chi connectivity index (χ1n) is 14.4. The van der Waals surface area contributed by atoms with E-state index in [1.54, 1.807) is 12.1 Å². The number of carbonyl (C=O) groups excluding carboxylic acids is 1. The minimum Gasteiger partial charge on any atom is -0.465 e. The van der Waals surface area contributed by atoms with Gasteiger partial charge in [0.25, 0.3) is 5.56 Å². The van der Waals surface area contributed by atoms with Crippen molar-refractivity contribution in [3.8, 4) is 5.75 Å². The number of carbonyl (C=O) groups is 1. The number of hydrogen-bond acceptors (Lipinski definition) is 9. The molecule has 234 valence electrons. The first-order valence-corrected chi connectivity index (χ1v) is 16.3. The van der Waals surface area contributed by atoms with Gasteiger partial charge < -0.3 is 19.1 Å². The van der Waals surface area contributed by atoms with Crippen LogP contribution in [0.1, 0.15) is 71.9 Å². The van der Waals surface area contributed by atoms with Crippen molar-refractivity contribution in [2.24, 2.45) is 5.92 Å². The molecule has 0 aliphatic carbocycles. The molecule has 12 nitrogen and oxygen atoms in total. The van der Waals surface area contributed by atoms with Crippen LogP contribution >= 0.6 is 19.3 Å². The molecule has 42 heavy (non-hydrogen) atoms. The van der Waals surface area contributed by atoms with Crippen LogP contribution in [-0.2, 0) is 23.4 Å². The van der Waals surface area contributed by atoms with E-state index < -0.39 is 62.0 Å². The van der Waals surface area contributed by atoms with E-state index in [1.807, 2.05) is 6.92 Å². The van der Waals surface area contributed by atoms with Gasteiger partial charge in [0.05, 0.1) is 19.3 Å². The maximum absolute atomic E-state index is 13.9. The number of aliphatic hydroxyl groups is 1. The predicted octanol–water partition coefficient (Wildman–Crippen LogP) is 4.56. The molecule has 1 aliphatic rings. The monoisotopic (exact) mass is 629 g/mol. The minimum absolute atomic E-state index is 0.167. The first kappa shape index (κ1) is 34.0. The normalized spacial score (nSPS) is 22.4. The Kier molecular flexibility index (Phi) is 13.3. The third kappa shape index (κ3) is 9.79. The molecule has 2 aromatic rings. The summed E-state index contributed by atoms with van der Waals surface area (Å²) in [5.74, 6) is -0.977. The number of unbranched alkanes of at least 4 members (excludes halogenated alkanes) is 5. The first-order chi connectivity index (χ1) is 20.1. The summed E-state index contributed by atoms with van der Waals surface area (Å²) < 4.78 is 37.7. The van der Waals surface area contributed by atoms with Crippen molar-refractivity contribution in [3.05, 3.63) is 62.4 Å². The summed E-state index contributed by atoms with van der Waals surface area (Å²) >= 11 is 5.96. The SMILES string of the molecule is CCCCCCCCOC(=O)C(C)NP(=O)(OCC1OC(n2ccc(=O)[nH]c2=O)C(CC)C1O)Oc1ccc(Cl)cc1. The Morgan fingerprint density at radius 2 is 1.83 bits per heavy atom. The van der Waals surface area contributed by atoms with Gasteiger partial charge >= 0.3 is 19.4 Å². The fourth-order valence-electron chi connectivity index (χ4n) is 4.65. The number of nitrogens with zero attached hydrogens (tertiary/aromatic N) is 1. The molecule has 0 bridgehead atoms. The number of halogens is 1. The zero-order valence-electron chi connectivity index (χ0n) is 24.2. The number of hydrogen-bond donors (Lipinski definition) is 3. The standard InChI is InChI=1S/C28H41ClN3O9P/c1-4-6-7-8-9-10-17-38-27(35)19(3)31-42(37,41-21-13-11-20(29)12-14-21)39-18-23-25(34)22(5-2)26(40-23)32-16-15-24(33)30-28(32)36/h11-16,19,22-23,25-26,34H,4-10,17-18H2,1-3H3,(H,31,37)(H,30,33,36). The second kappa shape index (κ2) is 16.4. The second-order valence-corrected chi connectivity index (χ2v) is 12.4. The number of ether oxygens (including phenoxy) is 2. The maximum atomic E-state index is 13.9. The van der Waals surface area contributed by atoms with Crippen molar-refractivity contribution in [2.75, 3.05) is 13.2 Å². The summed E-state index contributed by atoms with van der Waals surface area (Å²) in [6, 6.07) is 6.21. The highest BCUT2D eigenvalue weighted by atomic mass is 35.5. The van der Waals surface area contributed by atoms with E-state index in [0.29, 0.717) is 11.4 Å². The second-order valence-electron chi connectivity index (χ2n) is 10.3. The van der Waals surface area contributed by atoms with E-state index in [1.165, 1.54) is 42.3 Å². The summed E-state index contributed by atoms with van der Waals surface area (Å²) in [7, 11) is -4.24. The molecule has 0 radical (unpaired) electrons. The minimum atomic E-state index is -4.24. The van der Waals surface area contributed by atoms with Gasteiger partial charge in [-0.25, -0.2) is 9.36 Å². The number of rotatable bonds is 17. The van der Waals surface area contributed by atoms with E-state index >= 15 is 0 Å². The number of aromatic nitrogens is 2. The average Bonchev–Trinajstić information content (AvgIpc) is 3.27. The van der Waals surface area contributed by atoms with E-state index in [9.17, 15) is 24.1 Å². The summed E-state index contributed by atoms with van der Waals surface area (Å²) in [5.41, 5.74) is -1.25. The van der Waals surface area contributed by atoms with Crippen LogP contribution in [0.15, 0.2) is 46.1 Å². The van der Waals surface area contributed by atoms with Gasteiger partial charge in [-0.3, -0.25) is 23.7 Å². The lowest BCUT2D eigenvalue weighted by molar-refractivity contribution is -0.145. The number of aliphatic hydroxyl groups excluding tert-OH is 1. The zero-order chi connectivity index (χ0) is 30.7. The van der Waals surface area contributed by atoms with Crippen LogP contribution < -0.4 is 20.9 Å². The van der Waals surface area contributed by atoms with Crippen molar-refractivity contribution < 1.29 is 33.0 Å². The third-order valence-electron chi connectivity index (χ3n) is 6.99. The number of aromatic amines is 1. The Balaban J connectivity index is 1.67. The summed E-state index contributed by atoms with van der Waals surface area (Å²) in [5, 5.41) is 14.0. The van der Waals surface area contributed by atoms with Gasteiger partial charge in [0.2, 0.25) is 0 Å². The van der Waals surface area contributed by atoms with Gasteiger partial charge in [0.1, 0.15) is 24.1 Å². The number of benzene rings is 1. The molecular weight excluding hydrogens is 589 g/mol. The summed E-state index contributed by atoms with van der Waals surface area (Å²) in [6.45, 7) is 5.29. The van der Waals surface area contributed by atoms with Crippen LogP contribution in [0.4, 0.5) is 0 Å². The highest BCUT2D eigenvalue weighted by Gasteiger charge is 2.45. The average molecular weight is 630 g/mol. The molecule has 1 saturated heterocycles. The molecule has 3 rings (SSSR count). The van der Waals surface area contributed by atoms with E-state index in [0.717, 1.165) is 32.1 Å². The Morgan fingerprint density at radius 1 is 1.14 bits per heavy atom. The lowest BCUT2D eigenvalue weighted by Crippen LogP contribution is -2.37. The predicted molar refractivity (Wildman–Crippen MR) is 158 cm³/mol. The van der Waals surface area contributed by atoms with Crippen molar-refractivity contribution >= 4 is 25.3 Å². The van der Waals surface area contributed by atoms with Crippen LogP contribution in [0.25, 0.3) is 0 Å². The molecule has 6 atom stereocenters. The van der Waals surface area contributed by atoms with Gasteiger partial charge in [-0.1, -0.05) is 57.6 Å². The van der Waals surface area contributed by atoms with E-state index in [2.05, 4.69) is 17.0 Å². The fourth-order valence-corrected chi connectivity index (χ4v) is 6.28. The fraction of sp³-hybridized carbons (Fsp3) is 0.607. The zero-order valence-corrected chi connectivity index (χ0v) is 25.9. The Hall–Kier alpha value is -2.47. The van der Waals surface area contributed by atoms with Crippen LogP contribution in [0.5, 0.6) is 5.75 Å². The van der Waals surface area contributed by atoms with Gasteiger partial charge in [0, 0.05) is 23.2 Å². The lowest BCUT2D eigenvalue weighted by Gasteiger charge is -2.24. The molecule has 1 aromatic heterocycles. The molecular formula is C28H41ClN3O9P. The van der Waals surface area contributed by atoms with Crippen LogP contribution in [0.2, 0.25) is 5.02 Å². The summed E-state index contributed by atoms with van der Waals surface area (Å²) in [6.07, 6.45) is 4.96. The molecule has 0 amide bonds. The Morgan fingerprint density at radius 3 is 2.50 bits per heavy atom. The van der Waals surface area contributed by atoms with Gasteiger partial charge in [-0.2, -0.15) is 5.09 Å². The topological polar surface area (TPSA) is 158 Å². The smallest absolute Gasteiger partial charge is 0.459 e. The molecule has 1 aliphatic heterocycles. The van der Waals surface area contributed by atoms with Crippen LogP contribution in [0.3, 0.4) is 0 Å².